The van der Waals surface area contributed by atoms with Gasteiger partial charge >= 0.3 is 0 Å². The van der Waals surface area contributed by atoms with Crippen LogP contribution in [0.1, 0.15) is 12.5 Å². The molecule has 0 radical (unpaired) electrons. The van der Waals surface area contributed by atoms with Crippen LogP contribution in [-0.2, 0) is 16.1 Å². The Balaban J connectivity index is 1.34. The molecule has 1 amide bonds. The standard InChI is InChI=1S/C23H28N6O3S/c1-3-32-21-7-5-4-6-20(21)29-23(24-25-26-29)33-17-22(30)27(2)16-18-8-10-19(11-9-18)28-12-14-31-15-13-28/h4-11H,3,12-17H2,1-2H3. The summed E-state index contributed by atoms with van der Waals surface area (Å²) in [6.45, 7) is 6.34. The highest BCUT2D eigenvalue weighted by Crippen LogP contribution is 2.26. The number of para-hydroxylation sites is 2. The zero-order valence-electron chi connectivity index (χ0n) is 18.9. The van der Waals surface area contributed by atoms with Crippen LogP contribution in [-0.4, -0.2) is 76.7 Å². The molecule has 1 aliphatic heterocycles. The number of hydrogen-bond donors (Lipinski definition) is 0. The highest BCUT2D eigenvalue weighted by atomic mass is 32.2. The first-order chi connectivity index (χ1) is 16.2. The number of carbonyl (C=O) groups excluding carboxylic acids is 1. The molecular formula is C23H28N6O3S. The summed E-state index contributed by atoms with van der Waals surface area (Å²) < 4.78 is 12.7. The number of morpholine rings is 1. The third kappa shape index (κ3) is 5.82. The van der Waals surface area contributed by atoms with Gasteiger partial charge in [-0.1, -0.05) is 36.0 Å². The molecule has 0 spiro atoms. The number of nitrogens with zero attached hydrogens (tertiary/aromatic N) is 6. The Kier molecular flexibility index (Phi) is 7.79. The molecule has 0 N–H and O–H groups in total. The lowest BCUT2D eigenvalue weighted by Crippen LogP contribution is -2.36. The summed E-state index contributed by atoms with van der Waals surface area (Å²) in [5, 5.41) is 12.5. The lowest BCUT2D eigenvalue weighted by Gasteiger charge is -2.29. The second kappa shape index (κ2) is 11.2. The number of tetrazole rings is 1. The molecule has 1 aromatic heterocycles. The number of thioether (sulfide) groups is 1. The molecule has 1 aliphatic rings. The van der Waals surface area contributed by atoms with Gasteiger partial charge in [-0.05, 0) is 47.2 Å². The van der Waals surface area contributed by atoms with Gasteiger partial charge in [-0.15, -0.1) is 5.10 Å². The SMILES string of the molecule is CCOc1ccccc1-n1nnnc1SCC(=O)N(C)Cc1ccc(N2CCOCC2)cc1. The Morgan fingerprint density at radius 3 is 2.67 bits per heavy atom. The van der Waals surface area contributed by atoms with E-state index in [-0.39, 0.29) is 11.7 Å². The van der Waals surface area contributed by atoms with Gasteiger partial charge in [-0.3, -0.25) is 4.79 Å². The summed E-state index contributed by atoms with van der Waals surface area (Å²) in [6.07, 6.45) is 0. The first kappa shape index (κ1) is 23.1. The van der Waals surface area contributed by atoms with Crippen LogP contribution >= 0.6 is 11.8 Å². The summed E-state index contributed by atoms with van der Waals surface area (Å²) >= 11 is 1.31. The summed E-state index contributed by atoms with van der Waals surface area (Å²) in [4.78, 5) is 16.8. The molecule has 0 saturated carbocycles. The number of hydrogen-bond acceptors (Lipinski definition) is 8. The number of anilines is 1. The Morgan fingerprint density at radius 1 is 1.15 bits per heavy atom. The third-order valence-electron chi connectivity index (χ3n) is 5.32. The van der Waals surface area contributed by atoms with Crippen molar-refractivity contribution < 1.29 is 14.3 Å². The number of aromatic nitrogens is 4. The maximum atomic E-state index is 12.8. The number of rotatable bonds is 9. The molecule has 0 aliphatic carbocycles. The van der Waals surface area contributed by atoms with Crippen LogP contribution in [0.2, 0.25) is 0 Å². The van der Waals surface area contributed by atoms with E-state index >= 15 is 0 Å². The predicted octanol–water partition coefficient (Wildman–Crippen LogP) is 2.65. The highest BCUT2D eigenvalue weighted by molar-refractivity contribution is 7.99. The van der Waals surface area contributed by atoms with Crippen LogP contribution < -0.4 is 9.64 Å². The average Bonchev–Trinajstić information content (AvgIpc) is 3.32. The van der Waals surface area contributed by atoms with Crippen LogP contribution in [0.25, 0.3) is 5.69 Å². The topological polar surface area (TPSA) is 85.6 Å². The molecule has 0 bridgehead atoms. The molecule has 2 aromatic carbocycles. The van der Waals surface area contributed by atoms with Crippen molar-refractivity contribution in [3.8, 4) is 11.4 Å². The van der Waals surface area contributed by atoms with E-state index in [1.807, 2.05) is 38.2 Å². The van der Waals surface area contributed by atoms with Crippen molar-refractivity contribution in [3.63, 3.8) is 0 Å². The molecule has 2 heterocycles. The van der Waals surface area contributed by atoms with Crippen molar-refractivity contribution in [3.05, 3.63) is 54.1 Å². The molecule has 9 nitrogen and oxygen atoms in total. The summed E-state index contributed by atoms with van der Waals surface area (Å²) in [5.74, 6) is 0.933. The van der Waals surface area contributed by atoms with E-state index in [9.17, 15) is 4.79 Å². The first-order valence-corrected chi connectivity index (χ1v) is 11.9. The van der Waals surface area contributed by atoms with E-state index < -0.39 is 0 Å². The van der Waals surface area contributed by atoms with Crippen LogP contribution in [0.4, 0.5) is 5.69 Å². The smallest absolute Gasteiger partial charge is 0.233 e. The van der Waals surface area contributed by atoms with Crippen LogP contribution in [0.5, 0.6) is 5.75 Å². The Bertz CT molecular complexity index is 1050. The Hall–Kier alpha value is -3.11. The zero-order valence-corrected chi connectivity index (χ0v) is 19.7. The Labute approximate surface area is 197 Å². The molecule has 10 heteroatoms. The summed E-state index contributed by atoms with van der Waals surface area (Å²) in [7, 11) is 1.81. The third-order valence-corrected chi connectivity index (χ3v) is 6.22. The van der Waals surface area contributed by atoms with Crippen molar-refractivity contribution in [2.24, 2.45) is 0 Å². The Morgan fingerprint density at radius 2 is 1.91 bits per heavy atom. The summed E-state index contributed by atoms with van der Waals surface area (Å²) in [6, 6.07) is 15.9. The van der Waals surface area contributed by atoms with E-state index in [1.165, 1.54) is 17.4 Å². The van der Waals surface area contributed by atoms with E-state index in [0.29, 0.717) is 24.1 Å². The lowest BCUT2D eigenvalue weighted by atomic mass is 10.2. The number of amides is 1. The van der Waals surface area contributed by atoms with Gasteiger partial charge in [0.05, 0.1) is 25.6 Å². The van der Waals surface area contributed by atoms with Gasteiger partial charge in [0.2, 0.25) is 11.1 Å². The molecule has 33 heavy (non-hydrogen) atoms. The fourth-order valence-electron chi connectivity index (χ4n) is 3.56. The van der Waals surface area contributed by atoms with Gasteiger partial charge in [0, 0.05) is 32.4 Å². The van der Waals surface area contributed by atoms with Crippen molar-refractivity contribution in [1.82, 2.24) is 25.1 Å². The maximum absolute atomic E-state index is 12.8. The number of benzene rings is 2. The molecule has 0 atom stereocenters. The predicted molar refractivity (Wildman–Crippen MR) is 127 cm³/mol. The molecule has 174 valence electrons. The van der Waals surface area contributed by atoms with Gasteiger partial charge in [0.25, 0.3) is 0 Å². The minimum atomic E-state index is 0.00454. The monoisotopic (exact) mass is 468 g/mol. The second-order valence-corrected chi connectivity index (χ2v) is 8.52. The van der Waals surface area contributed by atoms with Crippen molar-refractivity contribution in [2.45, 2.75) is 18.6 Å². The van der Waals surface area contributed by atoms with Gasteiger partial charge < -0.3 is 19.3 Å². The van der Waals surface area contributed by atoms with Gasteiger partial charge in [-0.25, -0.2) is 0 Å². The molecule has 1 saturated heterocycles. The van der Waals surface area contributed by atoms with E-state index in [0.717, 1.165) is 37.6 Å². The highest BCUT2D eigenvalue weighted by Gasteiger charge is 2.17. The fraction of sp³-hybridized carbons (Fsp3) is 0.391. The lowest BCUT2D eigenvalue weighted by molar-refractivity contribution is -0.127. The van der Waals surface area contributed by atoms with Crippen molar-refractivity contribution in [2.75, 3.05) is 50.6 Å². The van der Waals surface area contributed by atoms with Crippen molar-refractivity contribution in [1.29, 1.82) is 0 Å². The largest absolute Gasteiger partial charge is 0.492 e. The molecular weight excluding hydrogens is 440 g/mol. The van der Waals surface area contributed by atoms with E-state index in [4.69, 9.17) is 9.47 Å². The summed E-state index contributed by atoms with van der Waals surface area (Å²) in [5.41, 5.74) is 3.02. The fourth-order valence-corrected chi connectivity index (χ4v) is 4.39. The molecule has 1 fully saturated rings. The molecule has 4 rings (SSSR count). The van der Waals surface area contributed by atoms with Gasteiger partial charge in [0.15, 0.2) is 0 Å². The maximum Gasteiger partial charge on any atom is 0.233 e. The first-order valence-electron chi connectivity index (χ1n) is 10.9. The van der Waals surface area contributed by atoms with Crippen LogP contribution in [0.3, 0.4) is 0 Å². The number of carbonyl (C=O) groups is 1. The minimum absolute atomic E-state index is 0.00454. The number of ether oxygens (including phenoxy) is 2. The molecule has 3 aromatic rings. The van der Waals surface area contributed by atoms with E-state index in [2.05, 4.69) is 44.7 Å². The van der Waals surface area contributed by atoms with Gasteiger partial charge in [-0.2, -0.15) is 4.68 Å². The van der Waals surface area contributed by atoms with Crippen LogP contribution in [0.15, 0.2) is 53.7 Å². The quantitative estimate of drug-likeness (QED) is 0.443. The second-order valence-electron chi connectivity index (χ2n) is 7.58. The molecule has 0 unspecified atom stereocenters. The van der Waals surface area contributed by atoms with Crippen molar-refractivity contribution >= 4 is 23.4 Å². The average molecular weight is 469 g/mol. The normalized spacial score (nSPS) is 13.7. The van der Waals surface area contributed by atoms with Gasteiger partial charge in [0.1, 0.15) is 11.4 Å². The van der Waals surface area contributed by atoms with Crippen LogP contribution in [0, 0.1) is 0 Å². The minimum Gasteiger partial charge on any atom is -0.492 e. The zero-order chi connectivity index (χ0) is 23.0. The van der Waals surface area contributed by atoms with E-state index in [1.54, 1.807) is 9.58 Å².